The Morgan fingerprint density at radius 3 is 2.37 bits per heavy atom. The molecule has 0 atom stereocenters. The zero-order chi connectivity index (χ0) is 19.4. The summed E-state index contributed by atoms with van der Waals surface area (Å²) in [6, 6.07) is 6.29. The van der Waals surface area contributed by atoms with Crippen LogP contribution in [-0.4, -0.2) is 67.0 Å². The first-order valence-corrected chi connectivity index (χ1v) is 10.0. The molecule has 146 valence electrons. The van der Waals surface area contributed by atoms with Crippen molar-refractivity contribution in [1.82, 2.24) is 19.4 Å². The molecule has 3 rings (SSSR count). The molecule has 0 unspecified atom stereocenters. The summed E-state index contributed by atoms with van der Waals surface area (Å²) >= 11 is 0. The van der Waals surface area contributed by atoms with Gasteiger partial charge in [0.05, 0.1) is 12.0 Å². The van der Waals surface area contributed by atoms with E-state index >= 15 is 0 Å². The van der Waals surface area contributed by atoms with Crippen LogP contribution in [0.1, 0.15) is 18.2 Å². The number of methoxy groups -OCH3 is 1. The van der Waals surface area contributed by atoms with Crippen molar-refractivity contribution in [2.45, 2.75) is 24.7 Å². The number of amides is 1. The first-order valence-electron chi connectivity index (χ1n) is 8.61. The number of benzene rings is 1. The van der Waals surface area contributed by atoms with Crippen LogP contribution in [0.4, 0.5) is 0 Å². The quantitative estimate of drug-likeness (QED) is 0.715. The van der Waals surface area contributed by atoms with Gasteiger partial charge < -0.3 is 14.1 Å². The Bertz CT molecular complexity index is 886. The van der Waals surface area contributed by atoms with Crippen molar-refractivity contribution in [1.29, 1.82) is 0 Å². The molecule has 1 amide bonds. The van der Waals surface area contributed by atoms with Gasteiger partial charge in [-0.25, -0.2) is 8.42 Å². The minimum Gasteiger partial charge on any atom is -0.497 e. The molecule has 2 heterocycles. The van der Waals surface area contributed by atoms with E-state index in [0.717, 1.165) is 0 Å². The van der Waals surface area contributed by atoms with E-state index in [0.29, 0.717) is 37.0 Å². The normalized spacial score (nSPS) is 15.7. The van der Waals surface area contributed by atoms with Crippen molar-refractivity contribution in [3.8, 4) is 5.75 Å². The molecule has 1 saturated heterocycles. The van der Waals surface area contributed by atoms with Gasteiger partial charge in [-0.1, -0.05) is 0 Å². The summed E-state index contributed by atoms with van der Waals surface area (Å²) in [7, 11) is -2.05. The van der Waals surface area contributed by atoms with Crippen LogP contribution in [0.5, 0.6) is 5.75 Å². The Morgan fingerprint density at radius 1 is 1.15 bits per heavy atom. The third-order valence-electron chi connectivity index (χ3n) is 4.41. The van der Waals surface area contributed by atoms with Gasteiger partial charge >= 0.3 is 0 Å². The van der Waals surface area contributed by atoms with Crippen molar-refractivity contribution in [2.75, 3.05) is 33.3 Å². The van der Waals surface area contributed by atoms with Crippen LogP contribution in [0.15, 0.2) is 33.6 Å². The summed E-state index contributed by atoms with van der Waals surface area (Å²) in [6.45, 7) is 2.94. The van der Waals surface area contributed by atoms with E-state index in [-0.39, 0.29) is 30.3 Å². The van der Waals surface area contributed by atoms with Gasteiger partial charge in [0.15, 0.2) is 0 Å². The topological polar surface area (TPSA) is 106 Å². The van der Waals surface area contributed by atoms with E-state index in [1.54, 1.807) is 24.0 Å². The van der Waals surface area contributed by atoms with E-state index in [1.807, 2.05) is 0 Å². The second kappa shape index (κ2) is 8.05. The van der Waals surface area contributed by atoms with Crippen molar-refractivity contribution < 1.29 is 22.4 Å². The molecular formula is C17H22N4O5S. The lowest BCUT2D eigenvalue weighted by Gasteiger charge is -2.34. The number of aromatic nitrogens is 2. The van der Waals surface area contributed by atoms with Crippen LogP contribution >= 0.6 is 0 Å². The third kappa shape index (κ3) is 4.45. The maximum absolute atomic E-state index is 12.7. The van der Waals surface area contributed by atoms with E-state index < -0.39 is 10.0 Å². The average molecular weight is 394 g/mol. The number of ether oxygens (including phenoxy) is 1. The first-order chi connectivity index (χ1) is 12.9. The molecule has 27 heavy (non-hydrogen) atoms. The number of hydrogen-bond donors (Lipinski definition) is 0. The number of nitrogens with zero attached hydrogens (tertiary/aromatic N) is 4. The standard InChI is InChI=1S/C17H22N4O5S/c1-13-18-19-16(26-13)7-8-17(22)20-9-11-21(12-10-20)27(23,24)15-5-3-14(25-2)4-6-15/h3-6H,7-12H2,1-2H3. The van der Waals surface area contributed by atoms with Gasteiger partial charge in [0.25, 0.3) is 0 Å². The highest BCUT2D eigenvalue weighted by Gasteiger charge is 2.30. The largest absolute Gasteiger partial charge is 0.497 e. The Labute approximate surface area is 158 Å². The van der Waals surface area contributed by atoms with E-state index in [1.165, 1.54) is 23.5 Å². The molecule has 0 radical (unpaired) electrons. The summed E-state index contributed by atoms with van der Waals surface area (Å²) in [4.78, 5) is 14.2. The Balaban J connectivity index is 1.54. The van der Waals surface area contributed by atoms with E-state index in [4.69, 9.17) is 9.15 Å². The molecule has 0 bridgehead atoms. The summed E-state index contributed by atoms with van der Waals surface area (Å²) in [5, 5.41) is 7.60. The molecule has 1 fully saturated rings. The number of hydrogen-bond acceptors (Lipinski definition) is 7. The third-order valence-corrected chi connectivity index (χ3v) is 6.32. The predicted octanol–water partition coefficient (Wildman–Crippen LogP) is 0.852. The zero-order valence-electron chi connectivity index (χ0n) is 15.3. The summed E-state index contributed by atoms with van der Waals surface area (Å²) in [6.07, 6.45) is 0.636. The van der Waals surface area contributed by atoms with E-state index in [9.17, 15) is 13.2 Å². The summed E-state index contributed by atoms with van der Waals surface area (Å²) in [5.41, 5.74) is 0. The Morgan fingerprint density at radius 2 is 1.81 bits per heavy atom. The fraction of sp³-hybridized carbons (Fsp3) is 0.471. The van der Waals surface area contributed by atoms with Crippen LogP contribution in [-0.2, 0) is 21.2 Å². The maximum Gasteiger partial charge on any atom is 0.243 e. The summed E-state index contributed by atoms with van der Waals surface area (Å²) in [5.74, 6) is 1.45. The van der Waals surface area contributed by atoms with Crippen molar-refractivity contribution in [3.05, 3.63) is 36.0 Å². The highest BCUT2D eigenvalue weighted by molar-refractivity contribution is 7.89. The average Bonchev–Trinajstić information content (AvgIpc) is 3.11. The van der Waals surface area contributed by atoms with Gasteiger partial charge in [-0.15, -0.1) is 10.2 Å². The number of carbonyl (C=O) groups is 1. The molecule has 0 spiro atoms. The van der Waals surface area contributed by atoms with Gasteiger partial charge in [-0.3, -0.25) is 4.79 Å². The lowest BCUT2D eigenvalue weighted by molar-refractivity contribution is -0.132. The minimum absolute atomic E-state index is 0.0488. The lowest BCUT2D eigenvalue weighted by atomic mass is 10.2. The van der Waals surface area contributed by atoms with Crippen molar-refractivity contribution in [3.63, 3.8) is 0 Å². The molecule has 2 aromatic rings. The fourth-order valence-electron chi connectivity index (χ4n) is 2.89. The monoisotopic (exact) mass is 394 g/mol. The Kier molecular flexibility index (Phi) is 5.76. The summed E-state index contributed by atoms with van der Waals surface area (Å²) < 4.78 is 37.2. The zero-order valence-corrected chi connectivity index (χ0v) is 16.1. The van der Waals surface area contributed by atoms with Gasteiger partial charge in [0.2, 0.25) is 27.7 Å². The highest BCUT2D eigenvalue weighted by atomic mass is 32.2. The number of sulfonamides is 1. The smallest absolute Gasteiger partial charge is 0.243 e. The molecular weight excluding hydrogens is 372 g/mol. The van der Waals surface area contributed by atoms with Gasteiger partial charge in [-0.05, 0) is 24.3 Å². The number of piperazine rings is 1. The number of carbonyl (C=O) groups excluding carboxylic acids is 1. The minimum atomic E-state index is -3.58. The van der Waals surface area contributed by atoms with Gasteiger partial charge in [0, 0.05) is 45.9 Å². The molecule has 10 heteroatoms. The van der Waals surface area contributed by atoms with Crippen molar-refractivity contribution >= 4 is 15.9 Å². The highest BCUT2D eigenvalue weighted by Crippen LogP contribution is 2.21. The molecule has 1 aliphatic rings. The molecule has 1 aromatic carbocycles. The predicted molar refractivity (Wildman–Crippen MR) is 95.7 cm³/mol. The van der Waals surface area contributed by atoms with Gasteiger partial charge in [0.1, 0.15) is 5.75 Å². The molecule has 0 saturated carbocycles. The van der Waals surface area contributed by atoms with Crippen molar-refractivity contribution in [2.24, 2.45) is 0 Å². The molecule has 1 aromatic heterocycles. The molecule has 0 N–H and O–H groups in total. The Hall–Kier alpha value is -2.46. The first kappa shape index (κ1) is 19.3. The number of aryl methyl sites for hydroxylation is 2. The molecule has 1 aliphatic heterocycles. The van der Waals surface area contributed by atoms with Crippen LogP contribution in [0.2, 0.25) is 0 Å². The van der Waals surface area contributed by atoms with Crippen LogP contribution in [0.3, 0.4) is 0 Å². The second-order valence-corrected chi connectivity index (χ2v) is 8.11. The van der Waals surface area contributed by atoms with Crippen LogP contribution in [0.25, 0.3) is 0 Å². The van der Waals surface area contributed by atoms with Crippen LogP contribution < -0.4 is 4.74 Å². The second-order valence-electron chi connectivity index (χ2n) is 6.18. The number of rotatable bonds is 6. The SMILES string of the molecule is COc1ccc(S(=O)(=O)N2CCN(C(=O)CCc3nnc(C)o3)CC2)cc1. The van der Waals surface area contributed by atoms with Crippen LogP contribution in [0, 0.1) is 6.92 Å². The molecule has 9 nitrogen and oxygen atoms in total. The fourth-order valence-corrected chi connectivity index (χ4v) is 4.31. The van der Waals surface area contributed by atoms with E-state index in [2.05, 4.69) is 10.2 Å². The van der Waals surface area contributed by atoms with Gasteiger partial charge in [-0.2, -0.15) is 4.31 Å². The lowest BCUT2D eigenvalue weighted by Crippen LogP contribution is -2.50. The molecule has 0 aliphatic carbocycles. The maximum atomic E-state index is 12.7.